The van der Waals surface area contributed by atoms with E-state index < -0.39 is 12.1 Å². The van der Waals surface area contributed by atoms with Gasteiger partial charge in [0, 0.05) is 13.5 Å². The van der Waals surface area contributed by atoms with Crippen molar-refractivity contribution in [3.63, 3.8) is 0 Å². The van der Waals surface area contributed by atoms with Gasteiger partial charge in [0.2, 0.25) is 0 Å². The molecule has 4 nitrogen and oxygen atoms in total. The highest BCUT2D eigenvalue weighted by atomic mass is 16.5. The number of carboxylic acid groups (broad SMARTS) is 1. The smallest absolute Gasteiger partial charge is 0.333 e. The van der Waals surface area contributed by atoms with Crippen molar-refractivity contribution in [2.45, 2.75) is 19.4 Å². The van der Waals surface area contributed by atoms with E-state index in [2.05, 4.69) is 0 Å². The van der Waals surface area contributed by atoms with E-state index in [1.165, 1.54) is 7.11 Å². The van der Waals surface area contributed by atoms with Crippen molar-refractivity contribution in [1.29, 1.82) is 0 Å². The second-order valence-electron chi connectivity index (χ2n) is 3.34. The summed E-state index contributed by atoms with van der Waals surface area (Å²) in [5, 5.41) is 8.82. The maximum absolute atomic E-state index is 10.8. The summed E-state index contributed by atoms with van der Waals surface area (Å²) in [4.78, 5) is 10.8. The molecule has 0 amide bonds. The Hall–Kier alpha value is -1.55. The quantitative estimate of drug-likeness (QED) is 0.799. The fourth-order valence-corrected chi connectivity index (χ4v) is 1.37. The molecule has 0 aliphatic rings. The first kappa shape index (κ1) is 12.5. The highest BCUT2D eigenvalue weighted by molar-refractivity contribution is 5.72. The zero-order valence-electron chi connectivity index (χ0n) is 9.47. The summed E-state index contributed by atoms with van der Waals surface area (Å²) >= 11 is 0. The van der Waals surface area contributed by atoms with Gasteiger partial charge in [0.15, 0.2) is 6.10 Å². The summed E-state index contributed by atoms with van der Waals surface area (Å²) in [6, 6.07) is 7.35. The molecule has 0 radical (unpaired) electrons. The van der Waals surface area contributed by atoms with Crippen LogP contribution in [0, 0.1) is 0 Å². The Morgan fingerprint density at radius 2 is 2.00 bits per heavy atom. The lowest BCUT2D eigenvalue weighted by Crippen LogP contribution is -2.24. The number of benzene rings is 1. The van der Waals surface area contributed by atoms with E-state index in [9.17, 15) is 4.79 Å². The van der Waals surface area contributed by atoms with E-state index in [0.717, 1.165) is 11.3 Å². The molecule has 0 aromatic heterocycles. The highest BCUT2D eigenvalue weighted by Gasteiger charge is 2.16. The summed E-state index contributed by atoms with van der Waals surface area (Å²) in [5.74, 6) is -0.160. The summed E-state index contributed by atoms with van der Waals surface area (Å²) in [6.07, 6.45) is -0.434. The Morgan fingerprint density at radius 3 is 2.44 bits per heavy atom. The van der Waals surface area contributed by atoms with Crippen molar-refractivity contribution in [3.05, 3.63) is 29.8 Å². The van der Waals surface area contributed by atoms with Gasteiger partial charge in [-0.3, -0.25) is 0 Å². The number of hydrogen-bond donors (Lipinski definition) is 1. The molecule has 1 aromatic rings. The minimum Gasteiger partial charge on any atom is -0.494 e. The second kappa shape index (κ2) is 6.12. The van der Waals surface area contributed by atoms with E-state index >= 15 is 0 Å². The number of carbonyl (C=O) groups is 1. The topological polar surface area (TPSA) is 55.8 Å². The molecule has 16 heavy (non-hydrogen) atoms. The number of aliphatic carboxylic acids is 1. The van der Waals surface area contributed by atoms with Gasteiger partial charge >= 0.3 is 5.97 Å². The average Bonchev–Trinajstić information content (AvgIpc) is 2.28. The number of hydrogen-bond acceptors (Lipinski definition) is 3. The summed E-state index contributed by atoms with van der Waals surface area (Å²) in [5.41, 5.74) is 0.915. The average molecular weight is 224 g/mol. The molecule has 1 N–H and O–H groups in total. The van der Waals surface area contributed by atoms with Crippen molar-refractivity contribution in [1.82, 2.24) is 0 Å². The normalized spacial score (nSPS) is 12.1. The van der Waals surface area contributed by atoms with Crippen LogP contribution in [0.4, 0.5) is 0 Å². The third kappa shape index (κ3) is 3.55. The van der Waals surface area contributed by atoms with Crippen LogP contribution < -0.4 is 4.74 Å². The first-order chi connectivity index (χ1) is 7.67. The molecule has 0 fully saturated rings. The van der Waals surface area contributed by atoms with Gasteiger partial charge in [-0.25, -0.2) is 4.79 Å². The molecule has 1 rings (SSSR count). The van der Waals surface area contributed by atoms with Crippen molar-refractivity contribution >= 4 is 5.97 Å². The van der Waals surface area contributed by atoms with Crippen molar-refractivity contribution in [2.24, 2.45) is 0 Å². The van der Waals surface area contributed by atoms with Crippen LogP contribution in [0.1, 0.15) is 12.5 Å². The molecule has 0 saturated carbocycles. The molecule has 0 heterocycles. The lowest BCUT2D eigenvalue weighted by molar-refractivity contribution is -0.148. The van der Waals surface area contributed by atoms with Crippen molar-refractivity contribution in [3.8, 4) is 5.75 Å². The molecule has 88 valence electrons. The summed E-state index contributed by atoms with van der Waals surface area (Å²) < 4.78 is 10.2. The third-order valence-corrected chi connectivity index (χ3v) is 2.22. The van der Waals surface area contributed by atoms with Gasteiger partial charge in [-0.2, -0.15) is 0 Å². The van der Waals surface area contributed by atoms with E-state index in [0.29, 0.717) is 13.0 Å². The van der Waals surface area contributed by atoms with Crippen molar-refractivity contribution < 1.29 is 19.4 Å². The molecule has 0 aliphatic carbocycles. The minimum absolute atomic E-state index is 0.359. The molecule has 0 bridgehead atoms. The first-order valence-corrected chi connectivity index (χ1v) is 5.14. The zero-order chi connectivity index (χ0) is 12.0. The molecule has 1 atom stereocenters. The highest BCUT2D eigenvalue weighted by Crippen LogP contribution is 2.14. The molecular formula is C12H16O4. The first-order valence-electron chi connectivity index (χ1n) is 5.14. The monoisotopic (exact) mass is 224 g/mol. The fourth-order valence-electron chi connectivity index (χ4n) is 1.37. The van der Waals surface area contributed by atoms with Crippen LogP contribution in [0.25, 0.3) is 0 Å². The van der Waals surface area contributed by atoms with Gasteiger partial charge in [-0.1, -0.05) is 12.1 Å². The second-order valence-corrected chi connectivity index (χ2v) is 3.34. The maximum atomic E-state index is 10.8. The molecule has 4 heteroatoms. The SMILES string of the molecule is CCOc1ccc(CC(OC)C(=O)O)cc1. The van der Waals surface area contributed by atoms with E-state index in [1.54, 1.807) is 0 Å². The predicted molar refractivity (Wildman–Crippen MR) is 59.7 cm³/mol. The van der Waals surface area contributed by atoms with Gasteiger partial charge < -0.3 is 14.6 Å². The third-order valence-electron chi connectivity index (χ3n) is 2.22. The molecule has 0 spiro atoms. The van der Waals surface area contributed by atoms with Crippen LogP contribution >= 0.6 is 0 Å². The van der Waals surface area contributed by atoms with Crippen LogP contribution in [0.15, 0.2) is 24.3 Å². The molecule has 0 saturated heterocycles. The van der Waals surface area contributed by atoms with E-state index in [4.69, 9.17) is 14.6 Å². The van der Waals surface area contributed by atoms with Crippen LogP contribution in [0.2, 0.25) is 0 Å². The molecular weight excluding hydrogens is 208 g/mol. The Labute approximate surface area is 94.8 Å². The minimum atomic E-state index is -0.948. The largest absolute Gasteiger partial charge is 0.494 e. The van der Waals surface area contributed by atoms with Crippen LogP contribution in [-0.4, -0.2) is 30.9 Å². The molecule has 1 unspecified atom stereocenters. The van der Waals surface area contributed by atoms with Crippen molar-refractivity contribution in [2.75, 3.05) is 13.7 Å². The van der Waals surface area contributed by atoms with Gasteiger partial charge in [0.25, 0.3) is 0 Å². The van der Waals surface area contributed by atoms with Gasteiger partial charge in [0.1, 0.15) is 5.75 Å². The standard InChI is InChI=1S/C12H16O4/c1-3-16-10-6-4-9(5-7-10)8-11(15-2)12(13)14/h4-7,11H,3,8H2,1-2H3,(H,13,14). The molecule has 0 aliphatic heterocycles. The van der Waals surface area contributed by atoms with Gasteiger partial charge in [-0.15, -0.1) is 0 Å². The number of carboxylic acids is 1. The van der Waals surface area contributed by atoms with Crippen LogP contribution in [0.5, 0.6) is 5.75 Å². The van der Waals surface area contributed by atoms with Gasteiger partial charge in [-0.05, 0) is 24.6 Å². The Balaban J connectivity index is 2.63. The Kier molecular flexibility index (Phi) is 4.79. The van der Waals surface area contributed by atoms with Crippen LogP contribution in [-0.2, 0) is 16.0 Å². The van der Waals surface area contributed by atoms with Gasteiger partial charge in [0.05, 0.1) is 6.61 Å². The lowest BCUT2D eigenvalue weighted by Gasteiger charge is -2.10. The van der Waals surface area contributed by atoms with Crippen LogP contribution in [0.3, 0.4) is 0 Å². The lowest BCUT2D eigenvalue weighted by atomic mass is 10.1. The maximum Gasteiger partial charge on any atom is 0.333 e. The van der Waals surface area contributed by atoms with E-state index in [1.807, 2.05) is 31.2 Å². The number of methoxy groups -OCH3 is 1. The summed E-state index contributed by atoms with van der Waals surface area (Å²) in [7, 11) is 1.40. The Morgan fingerprint density at radius 1 is 1.38 bits per heavy atom. The Bertz CT molecular complexity index is 331. The number of ether oxygens (including phenoxy) is 2. The molecule has 1 aromatic carbocycles. The van der Waals surface area contributed by atoms with E-state index in [-0.39, 0.29) is 0 Å². The predicted octanol–water partition coefficient (Wildman–Crippen LogP) is 1.73. The number of rotatable bonds is 6. The fraction of sp³-hybridized carbons (Fsp3) is 0.417. The zero-order valence-corrected chi connectivity index (χ0v) is 9.47. The summed E-state index contributed by atoms with van der Waals surface area (Å²) in [6.45, 7) is 2.54.